The first-order chi connectivity index (χ1) is 9.76. The van der Waals surface area contributed by atoms with Crippen LogP contribution in [0.2, 0.25) is 0 Å². The predicted molar refractivity (Wildman–Crippen MR) is 82.4 cm³/mol. The van der Waals surface area contributed by atoms with Gasteiger partial charge in [0.1, 0.15) is 0 Å². The molecule has 9 unspecified atom stereocenters. The molecule has 0 saturated heterocycles. The maximum absolute atomic E-state index is 12.7. The highest BCUT2D eigenvalue weighted by Gasteiger charge is 2.76. The molecule has 0 aromatic heterocycles. The Labute approximate surface area is 129 Å². The van der Waals surface area contributed by atoms with E-state index >= 15 is 0 Å². The van der Waals surface area contributed by atoms with Crippen LogP contribution in [0.25, 0.3) is 0 Å². The molecule has 2 nitrogen and oxygen atoms in total. The monoisotopic (exact) mass is 290 g/mol. The van der Waals surface area contributed by atoms with Crippen molar-refractivity contribution in [3.8, 4) is 0 Å². The molecule has 0 aromatic carbocycles. The lowest BCUT2D eigenvalue weighted by Crippen LogP contribution is -2.55. The minimum absolute atomic E-state index is 0.0434. The number of hydrogen-bond donors (Lipinski definition) is 0. The number of fused-ring (bicyclic) bond motifs is 9. The van der Waals surface area contributed by atoms with Crippen LogP contribution in [0, 0.1) is 58.2 Å². The zero-order chi connectivity index (χ0) is 15.3. The largest absolute Gasteiger partial charge is 0.469 e. The summed E-state index contributed by atoms with van der Waals surface area (Å²) < 4.78 is 5.26. The molecule has 0 aliphatic heterocycles. The van der Waals surface area contributed by atoms with E-state index in [0.717, 1.165) is 41.4 Å². The van der Waals surface area contributed by atoms with Crippen LogP contribution in [0.4, 0.5) is 0 Å². The molecule has 4 fully saturated rings. The lowest BCUT2D eigenvalue weighted by molar-refractivity contribution is -0.173. The van der Waals surface area contributed by atoms with Crippen molar-refractivity contribution in [1.82, 2.24) is 0 Å². The summed E-state index contributed by atoms with van der Waals surface area (Å²) in [6.07, 6.45) is 2.69. The van der Waals surface area contributed by atoms with Crippen LogP contribution >= 0.6 is 0 Å². The third-order valence-corrected chi connectivity index (χ3v) is 9.21. The van der Waals surface area contributed by atoms with Crippen molar-refractivity contribution in [2.24, 2.45) is 58.2 Å². The first kappa shape index (κ1) is 14.1. The molecule has 0 spiro atoms. The van der Waals surface area contributed by atoms with Crippen molar-refractivity contribution in [3.63, 3.8) is 0 Å². The summed E-state index contributed by atoms with van der Waals surface area (Å²) in [6, 6.07) is 0. The molecular formula is C19H30O2. The van der Waals surface area contributed by atoms with Crippen molar-refractivity contribution in [2.45, 2.75) is 47.5 Å². The average molecular weight is 290 g/mol. The van der Waals surface area contributed by atoms with E-state index in [1.165, 1.54) is 12.8 Å². The van der Waals surface area contributed by atoms with Crippen LogP contribution in [0.15, 0.2) is 0 Å². The minimum atomic E-state index is -0.277. The molecule has 0 N–H and O–H groups in total. The van der Waals surface area contributed by atoms with Crippen LogP contribution in [0.1, 0.15) is 47.5 Å². The molecule has 0 amide bonds. The second-order valence-electron chi connectivity index (χ2n) is 9.30. The Hall–Kier alpha value is -0.530. The average Bonchev–Trinajstić information content (AvgIpc) is 3.11. The highest BCUT2D eigenvalue weighted by molar-refractivity contribution is 5.79. The maximum atomic E-state index is 12.7. The first-order valence-corrected chi connectivity index (χ1v) is 8.85. The third kappa shape index (κ3) is 1.27. The number of ether oxygens (including phenoxy) is 1. The molecule has 4 aliphatic carbocycles. The molecule has 4 saturated carbocycles. The summed E-state index contributed by atoms with van der Waals surface area (Å²) in [4.78, 5) is 12.7. The molecule has 4 rings (SSSR count). The van der Waals surface area contributed by atoms with Crippen molar-refractivity contribution in [1.29, 1.82) is 0 Å². The highest BCUT2D eigenvalue weighted by atomic mass is 16.5. The Morgan fingerprint density at radius 3 is 2.00 bits per heavy atom. The second kappa shape index (κ2) is 3.86. The third-order valence-electron chi connectivity index (χ3n) is 9.21. The zero-order valence-electron chi connectivity index (χ0n) is 14.3. The van der Waals surface area contributed by atoms with Crippen LogP contribution in [0.5, 0.6) is 0 Å². The van der Waals surface area contributed by atoms with Gasteiger partial charge < -0.3 is 4.74 Å². The molecule has 118 valence electrons. The van der Waals surface area contributed by atoms with E-state index in [1.54, 1.807) is 7.11 Å². The standard InChI is InChI=1S/C19H30O2/c1-9-10(2)12-7-11(9)15-13-8-14(16(12)15)19(5,17(20)21-6)18(13,3)4/h9-16H,7-8H2,1-6H3. The summed E-state index contributed by atoms with van der Waals surface area (Å²) in [7, 11) is 1.57. The summed E-state index contributed by atoms with van der Waals surface area (Å²) in [5, 5.41) is 0. The Kier molecular flexibility index (Phi) is 2.59. The Morgan fingerprint density at radius 2 is 1.48 bits per heavy atom. The predicted octanol–water partition coefficient (Wildman–Crippen LogP) is 4.00. The molecule has 21 heavy (non-hydrogen) atoms. The normalized spacial score (nSPS) is 59.3. The van der Waals surface area contributed by atoms with Crippen molar-refractivity contribution < 1.29 is 9.53 Å². The minimum Gasteiger partial charge on any atom is -0.469 e. The molecule has 0 aromatic rings. The van der Waals surface area contributed by atoms with Crippen LogP contribution in [-0.4, -0.2) is 13.1 Å². The molecule has 0 heterocycles. The van der Waals surface area contributed by atoms with Gasteiger partial charge in [-0.25, -0.2) is 0 Å². The van der Waals surface area contributed by atoms with E-state index in [1.807, 2.05) is 0 Å². The molecule has 4 aliphatic rings. The maximum Gasteiger partial charge on any atom is 0.312 e. The van der Waals surface area contributed by atoms with E-state index < -0.39 is 0 Å². The van der Waals surface area contributed by atoms with Crippen LogP contribution in [-0.2, 0) is 9.53 Å². The van der Waals surface area contributed by atoms with Gasteiger partial charge in [0.25, 0.3) is 0 Å². The van der Waals surface area contributed by atoms with Gasteiger partial charge in [0.2, 0.25) is 0 Å². The fourth-order valence-electron chi connectivity index (χ4n) is 7.72. The lowest BCUT2D eigenvalue weighted by atomic mass is 9.49. The summed E-state index contributed by atoms with van der Waals surface area (Å²) in [5.41, 5.74) is -0.194. The Morgan fingerprint density at radius 1 is 0.952 bits per heavy atom. The molecule has 0 radical (unpaired) electrons. The van der Waals surface area contributed by atoms with E-state index in [-0.39, 0.29) is 16.8 Å². The molecular weight excluding hydrogens is 260 g/mol. The number of carbonyl (C=O) groups is 1. The Bertz CT molecular complexity index is 496. The lowest BCUT2D eigenvalue weighted by Gasteiger charge is -2.54. The molecule has 4 bridgehead atoms. The number of hydrogen-bond acceptors (Lipinski definition) is 2. The van der Waals surface area contributed by atoms with E-state index in [2.05, 4.69) is 34.6 Å². The van der Waals surface area contributed by atoms with Gasteiger partial charge in [-0.15, -0.1) is 0 Å². The summed E-state index contributed by atoms with van der Waals surface area (Å²) in [6.45, 7) is 11.8. The van der Waals surface area contributed by atoms with Crippen LogP contribution in [0.3, 0.4) is 0 Å². The summed E-state index contributed by atoms with van der Waals surface area (Å²) in [5.74, 6) is 6.53. The van der Waals surface area contributed by atoms with Crippen molar-refractivity contribution in [3.05, 3.63) is 0 Å². The number of esters is 1. The van der Waals surface area contributed by atoms with Crippen molar-refractivity contribution in [2.75, 3.05) is 7.11 Å². The fourth-order valence-corrected chi connectivity index (χ4v) is 7.72. The van der Waals surface area contributed by atoms with Gasteiger partial charge >= 0.3 is 5.97 Å². The SMILES string of the molecule is COC(=O)C1(C)C2CC(C3C4CC(C(C)C4C)C32)C1(C)C. The van der Waals surface area contributed by atoms with Gasteiger partial charge in [0.15, 0.2) is 0 Å². The van der Waals surface area contributed by atoms with Crippen molar-refractivity contribution >= 4 is 5.97 Å². The van der Waals surface area contributed by atoms with Gasteiger partial charge in [0, 0.05) is 0 Å². The fraction of sp³-hybridized carbons (Fsp3) is 0.947. The number of rotatable bonds is 1. The van der Waals surface area contributed by atoms with E-state index in [4.69, 9.17) is 4.74 Å². The van der Waals surface area contributed by atoms with Gasteiger partial charge in [-0.1, -0.05) is 27.7 Å². The zero-order valence-corrected chi connectivity index (χ0v) is 14.3. The number of methoxy groups -OCH3 is 1. The Balaban J connectivity index is 1.78. The van der Waals surface area contributed by atoms with Gasteiger partial charge in [-0.3, -0.25) is 4.79 Å². The molecule has 9 atom stereocenters. The quantitative estimate of drug-likeness (QED) is 0.539. The number of carbonyl (C=O) groups excluding carboxylic acids is 1. The topological polar surface area (TPSA) is 26.3 Å². The molecule has 2 heteroatoms. The first-order valence-electron chi connectivity index (χ1n) is 8.85. The van der Waals surface area contributed by atoms with Gasteiger partial charge in [-0.05, 0) is 72.5 Å². The van der Waals surface area contributed by atoms with E-state index in [0.29, 0.717) is 5.92 Å². The van der Waals surface area contributed by atoms with Gasteiger partial charge in [-0.2, -0.15) is 0 Å². The smallest absolute Gasteiger partial charge is 0.312 e. The highest BCUT2D eigenvalue weighted by Crippen LogP contribution is 2.78. The van der Waals surface area contributed by atoms with Crippen LogP contribution < -0.4 is 0 Å². The second-order valence-corrected chi connectivity index (χ2v) is 9.30. The van der Waals surface area contributed by atoms with Gasteiger partial charge in [0.05, 0.1) is 12.5 Å². The summed E-state index contributed by atoms with van der Waals surface area (Å²) >= 11 is 0. The van der Waals surface area contributed by atoms with E-state index in [9.17, 15) is 4.79 Å².